The van der Waals surface area contributed by atoms with E-state index in [0.29, 0.717) is 36.2 Å². The van der Waals surface area contributed by atoms with E-state index < -0.39 is 6.10 Å². The quantitative estimate of drug-likeness (QED) is 0.860. The van der Waals surface area contributed by atoms with Gasteiger partial charge in [0.05, 0.1) is 6.10 Å². The third kappa shape index (κ3) is 3.36. The van der Waals surface area contributed by atoms with E-state index in [-0.39, 0.29) is 5.91 Å². The first kappa shape index (κ1) is 14.8. The molecule has 116 valence electrons. The van der Waals surface area contributed by atoms with Crippen LogP contribution in [0.25, 0.3) is 11.5 Å². The second-order valence-electron chi connectivity index (χ2n) is 5.77. The van der Waals surface area contributed by atoms with Crippen molar-refractivity contribution in [1.29, 1.82) is 0 Å². The molecular formula is C17H20N2O3. The number of rotatable bonds is 6. The number of amides is 1. The van der Waals surface area contributed by atoms with Crippen molar-refractivity contribution < 1.29 is 14.3 Å². The summed E-state index contributed by atoms with van der Waals surface area (Å²) >= 11 is 0. The maximum Gasteiger partial charge on any atom is 0.273 e. The first-order chi connectivity index (χ1) is 10.6. The molecule has 5 nitrogen and oxygen atoms in total. The fourth-order valence-electron chi connectivity index (χ4n) is 2.30. The maximum atomic E-state index is 12.3. The van der Waals surface area contributed by atoms with Crippen molar-refractivity contribution in [2.75, 3.05) is 6.54 Å². The number of carbonyl (C=O) groups excluding carboxylic acids is 1. The summed E-state index contributed by atoms with van der Waals surface area (Å²) in [6, 6.07) is 9.59. The van der Waals surface area contributed by atoms with Gasteiger partial charge >= 0.3 is 0 Å². The zero-order valence-corrected chi connectivity index (χ0v) is 12.6. The number of hydrogen-bond donors (Lipinski definition) is 2. The highest BCUT2D eigenvalue weighted by molar-refractivity contribution is 5.94. The van der Waals surface area contributed by atoms with Gasteiger partial charge in [-0.05, 0) is 38.3 Å². The van der Waals surface area contributed by atoms with Gasteiger partial charge in [-0.3, -0.25) is 4.79 Å². The van der Waals surface area contributed by atoms with E-state index in [2.05, 4.69) is 10.3 Å². The Morgan fingerprint density at radius 2 is 2.14 bits per heavy atom. The molecule has 0 aliphatic heterocycles. The molecule has 1 atom stereocenters. The van der Waals surface area contributed by atoms with Crippen LogP contribution in [0.1, 0.15) is 48.4 Å². The molecule has 1 unspecified atom stereocenters. The number of nitrogens with one attached hydrogen (secondary N) is 1. The van der Waals surface area contributed by atoms with Gasteiger partial charge < -0.3 is 14.8 Å². The molecule has 0 radical (unpaired) electrons. The molecule has 1 amide bonds. The standard InChI is InChI=1S/C17H20N2O3/c1-11(20)9-10-18-16(21)14-15(12-7-8-12)22-17(19-14)13-5-3-2-4-6-13/h2-6,11-12,20H,7-10H2,1H3,(H,18,21). The lowest BCUT2D eigenvalue weighted by atomic mass is 10.2. The number of aliphatic hydroxyl groups is 1. The smallest absolute Gasteiger partial charge is 0.273 e. The van der Waals surface area contributed by atoms with Crippen LogP contribution in [0, 0.1) is 0 Å². The number of carbonyl (C=O) groups is 1. The number of nitrogens with zero attached hydrogens (tertiary/aromatic N) is 1. The van der Waals surface area contributed by atoms with Gasteiger partial charge in [-0.2, -0.15) is 0 Å². The van der Waals surface area contributed by atoms with Crippen molar-refractivity contribution in [1.82, 2.24) is 10.3 Å². The Kier molecular flexibility index (Phi) is 4.24. The second-order valence-corrected chi connectivity index (χ2v) is 5.77. The highest BCUT2D eigenvalue weighted by Gasteiger charge is 2.34. The molecule has 5 heteroatoms. The van der Waals surface area contributed by atoms with E-state index in [9.17, 15) is 9.90 Å². The minimum absolute atomic E-state index is 0.228. The minimum atomic E-state index is -0.430. The highest BCUT2D eigenvalue weighted by Crippen LogP contribution is 2.43. The minimum Gasteiger partial charge on any atom is -0.440 e. The molecule has 2 aromatic rings. The van der Waals surface area contributed by atoms with E-state index in [0.717, 1.165) is 18.4 Å². The third-order valence-corrected chi connectivity index (χ3v) is 3.68. The van der Waals surface area contributed by atoms with Crippen molar-refractivity contribution in [3.8, 4) is 11.5 Å². The van der Waals surface area contributed by atoms with E-state index in [4.69, 9.17) is 4.42 Å². The highest BCUT2D eigenvalue weighted by atomic mass is 16.4. The summed E-state index contributed by atoms with van der Waals surface area (Å²) in [4.78, 5) is 16.7. The van der Waals surface area contributed by atoms with Crippen molar-refractivity contribution in [3.05, 3.63) is 41.8 Å². The summed E-state index contributed by atoms with van der Waals surface area (Å²) in [7, 11) is 0. The fraction of sp³-hybridized carbons (Fsp3) is 0.412. The molecule has 1 aliphatic rings. The van der Waals surface area contributed by atoms with Gasteiger partial charge in [0.25, 0.3) is 5.91 Å². The molecule has 1 aromatic heterocycles. The van der Waals surface area contributed by atoms with Gasteiger partial charge in [0.1, 0.15) is 5.76 Å². The van der Waals surface area contributed by atoms with Crippen LogP contribution < -0.4 is 5.32 Å². The van der Waals surface area contributed by atoms with Gasteiger partial charge in [0.15, 0.2) is 5.69 Å². The second kappa shape index (κ2) is 6.32. The Balaban J connectivity index is 1.80. The molecule has 0 spiro atoms. The van der Waals surface area contributed by atoms with Crippen LogP contribution in [0.3, 0.4) is 0 Å². The first-order valence-corrected chi connectivity index (χ1v) is 7.67. The zero-order chi connectivity index (χ0) is 15.5. The van der Waals surface area contributed by atoms with E-state index in [1.54, 1.807) is 6.92 Å². The molecule has 22 heavy (non-hydrogen) atoms. The van der Waals surface area contributed by atoms with Crippen LogP contribution in [0.15, 0.2) is 34.7 Å². The lowest BCUT2D eigenvalue weighted by molar-refractivity contribution is 0.0939. The van der Waals surface area contributed by atoms with Crippen LogP contribution in [0.4, 0.5) is 0 Å². The normalized spacial score (nSPS) is 15.5. The average Bonchev–Trinajstić information content (AvgIpc) is 3.26. The molecule has 3 rings (SSSR count). The Bertz CT molecular complexity index is 645. The number of hydrogen-bond acceptors (Lipinski definition) is 4. The van der Waals surface area contributed by atoms with Gasteiger partial charge in [-0.25, -0.2) is 4.98 Å². The largest absolute Gasteiger partial charge is 0.440 e. The Hall–Kier alpha value is -2.14. The van der Waals surface area contributed by atoms with E-state index >= 15 is 0 Å². The molecule has 2 N–H and O–H groups in total. The van der Waals surface area contributed by atoms with Crippen molar-refractivity contribution >= 4 is 5.91 Å². The van der Waals surface area contributed by atoms with Crippen LogP contribution in [-0.2, 0) is 0 Å². The fourth-order valence-corrected chi connectivity index (χ4v) is 2.30. The molecule has 1 fully saturated rings. The van der Waals surface area contributed by atoms with Crippen LogP contribution in [-0.4, -0.2) is 28.6 Å². The van der Waals surface area contributed by atoms with Crippen molar-refractivity contribution in [3.63, 3.8) is 0 Å². The lowest BCUT2D eigenvalue weighted by Crippen LogP contribution is -2.27. The summed E-state index contributed by atoms with van der Waals surface area (Å²) in [6.07, 6.45) is 2.17. The topological polar surface area (TPSA) is 75.4 Å². The third-order valence-electron chi connectivity index (χ3n) is 3.68. The Labute approximate surface area is 129 Å². The summed E-state index contributed by atoms with van der Waals surface area (Å²) < 4.78 is 5.85. The predicted octanol–water partition coefficient (Wildman–Crippen LogP) is 2.72. The van der Waals surface area contributed by atoms with Crippen molar-refractivity contribution in [2.24, 2.45) is 0 Å². The van der Waals surface area contributed by atoms with Gasteiger partial charge in [-0.15, -0.1) is 0 Å². The Morgan fingerprint density at radius 1 is 1.41 bits per heavy atom. The average molecular weight is 300 g/mol. The molecule has 1 heterocycles. The molecular weight excluding hydrogens is 280 g/mol. The number of aliphatic hydroxyl groups excluding tert-OH is 1. The van der Waals surface area contributed by atoms with Crippen LogP contribution in [0.2, 0.25) is 0 Å². The van der Waals surface area contributed by atoms with Gasteiger partial charge in [0, 0.05) is 18.0 Å². The van der Waals surface area contributed by atoms with Gasteiger partial charge in [0.2, 0.25) is 5.89 Å². The zero-order valence-electron chi connectivity index (χ0n) is 12.6. The molecule has 1 aromatic carbocycles. The number of aromatic nitrogens is 1. The molecule has 0 bridgehead atoms. The van der Waals surface area contributed by atoms with Crippen LogP contribution >= 0.6 is 0 Å². The number of benzene rings is 1. The summed E-state index contributed by atoms with van der Waals surface area (Å²) in [5.74, 6) is 1.26. The van der Waals surface area contributed by atoms with Gasteiger partial charge in [-0.1, -0.05) is 18.2 Å². The molecule has 1 aliphatic carbocycles. The lowest BCUT2D eigenvalue weighted by Gasteiger charge is -2.05. The van der Waals surface area contributed by atoms with E-state index in [1.165, 1.54) is 0 Å². The summed E-state index contributed by atoms with van der Waals surface area (Å²) in [5, 5.41) is 12.1. The molecule has 1 saturated carbocycles. The van der Waals surface area contributed by atoms with E-state index in [1.807, 2.05) is 30.3 Å². The summed E-state index contributed by atoms with van der Waals surface area (Å²) in [5.41, 5.74) is 1.25. The molecule has 0 saturated heterocycles. The number of oxazole rings is 1. The maximum absolute atomic E-state index is 12.3. The van der Waals surface area contributed by atoms with Crippen molar-refractivity contribution in [2.45, 2.75) is 38.2 Å². The van der Waals surface area contributed by atoms with Crippen LogP contribution in [0.5, 0.6) is 0 Å². The Morgan fingerprint density at radius 3 is 2.77 bits per heavy atom. The summed E-state index contributed by atoms with van der Waals surface area (Å²) in [6.45, 7) is 2.12. The SMILES string of the molecule is CC(O)CCNC(=O)c1nc(-c2ccccc2)oc1C1CC1. The first-order valence-electron chi connectivity index (χ1n) is 7.67. The monoisotopic (exact) mass is 300 g/mol. The predicted molar refractivity (Wildman–Crippen MR) is 82.5 cm³/mol.